The van der Waals surface area contributed by atoms with Gasteiger partial charge >= 0.3 is 0 Å². The molecule has 0 radical (unpaired) electrons. The van der Waals surface area contributed by atoms with Gasteiger partial charge in [0.05, 0.1) is 6.04 Å². The number of nitrogens with two attached hydrogens (primary N) is 1. The molecule has 0 aliphatic carbocycles. The number of nitrogens with one attached hydrogen (secondary N) is 1. The number of benzene rings is 1. The first kappa shape index (κ1) is 17.5. The second-order valence-corrected chi connectivity index (χ2v) is 8.06. The summed E-state index contributed by atoms with van der Waals surface area (Å²) < 4.78 is 0.982. The Morgan fingerprint density at radius 1 is 1.15 bits per heavy atom. The zero-order valence-electron chi connectivity index (χ0n) is 14.6. The fraction of sp³-hybridized carbons (Fsp3) is 0.474. The first-order chi connectivity index (χ1) is 12.5. The quantitative estimate of drug-likeness (QED) is 0.802. The van der Waals surface area contributed by atoms with Crippen molar-refractivity contribution in [2.45, 2.75) is 37.8 Å². The molecular formula is C19H23BrN4O2. The number of hydrogen-bond donors (Lipinski definition) is 2. The van der Waals surface area contributed by atoms with Gasteiger partial charge in [-0.05, 0) is 50.4 Å². The molecule has 3 heterocycles. The van der Waals surface area contributed by atoms with Crippen LogP contribution in [0.15, 0.2) is 28.7 Å². The summed E-state index contributed by atoms with van der Waals surface area (Å²) in [5, 5.41) is 1.02. The molecule has 2 saturated heterocycles. The lowest BCUT2D eigenvalue weighted by molar-refractivity contribution is -0.123. The van der Waals surface area contributed by atoms with Gasteiger partial charge in [0.15, 0.2) is 0 Å². The Hall–Kier alpha value is -1.86. The number of likely N-dealkylation sites (tertiary alicyclic amines) is 2. The van der Waals surface area contributed by atoms with E-state index in [1.54, 1.807) is 0 Å². The normalized spacial score (nSPS) is 22.2. The summed E-state index contributed by atoms with van der Waals surface area (Å²) in [4.78, 5) is 31.9. The summed E-state index contributed by atoms with van der Waals surface area (Å²) in [6.07, 6.45) is 3.66. The van der Waals surface area contributed by atoms with Crippen molar-refractivity contribution in [3.05, 3.63) is 34.4 Å². The van der Waals surface area contributed by atoms with Gasteiger partial charge in [-0.3, -0.25) is 14.5 Å². The van der Waals surface area contributed by atoms with Crippen LogP contribution in [-0.2, 0) is 4.79 Å². The number of rotatable bonds is 3. The fourth-order valence-electron chi connectivity index (χ4n) is 4.34. The van der Waals surface area contributed by atoms with Gasteiger partial charge in [-0.15, -0.1) is 0 Å². The van der Waals surface area contributed by atoms with Crippen molar-refractivity contribution in [2.75, 3.05) is 19.6 Å². The Morgan fingerprint density at radius 3 is 2.62 bits per heavy atom. The molecule has 1 aromatic heterocycles. The average molecular weight is 419 g/mol. The lowest BCUT2D eigenvalue weighted by atomic mass is 10.0. The number of nitrogens with zero attached hydrogens (tertiary/aromatic N) is 2. The Morgan fingerprint density at radius 2 is 1.92 bits per heavy atom. The van der Waals surface area contributed by atoms with E-state index >= 15 is 0 Å². The zero-order valence-corrected chi connectivity index (χ0v) is 16.2. The Balaban J connectivity index is 1.43. The molecule has 2 fully saturated rings. The lowest BCUT2D eigenvalue weighted by Crippen LogP contribution is -2.51. The highest BCUT2D eigenvalue weighted by atomic mass is 79.9. The van der Waals surface area contributed by atoms with E-state index in [1.165, 1.54) is 0 Å². The molecule has 26 heavy (non-hydrogen) atoms. The maximum atomic E-state index is 12.9. The number of amides is 2. The summed E-state index contributed by atoms with van der Waals surface area (Å²) in [5.41, 5.74) is 7.13. The number of aromatic amines is 1. The van der Waals surface area contributed by atoms with Crippen molar-refractivity contribution in [3.8, 4) is 0 Å². The Labute approximate surface area is 160 Å². The van der Waals surface area contributed by atoms with Crippen molar-refractivity contribution >= 4 is 38.6 Å². The number of primary amides is 1. The largest absolute Gasteiger partial charge is 0.368 e. The third kappa shape index (κ3) is 3.14. The van der Waals surface area contributed by atoms with Gasteiger partial charge in [0.25, 0.3) is 5.91 Å². The fourth-order valence-corrected chi connectivity index (χ4v) is 4.82. The number of aromatic nitrogens is 1. The molecule has 2 amide bonds. The van der Waals surface area contributed by atoms with E-state index in [0.717, 1.165) is 47.6 Å². The number of H-pyrrole nitrogens is 1. The number of piperidine rings is 1. The van der Waals surface area contributed by atoms with E-state index in [-0.39, 0.29) is 17.9 Å². The van der Waals surface area contributed by atoms with Crippen molar-refractivity contribution in [2.24, 2.45) is 5.73 Å². The van der Waals surface area contributed by atoms with Gasteiger partial charge in [-0.1, -0.05) is 22.0 Å². The summed E-state index contributed by atoms with van der Waals surface area (Å²) in [6.45, 7) is 2.35. The first-order valence-electron chi connectivity index (χ1n) is 9.16. The standard InChI is InChI=1S/C19H23BrN4O2/c20-14-3-1-4-15-13(14)11-16(22-15)19(26)23-9-6-12(7-10-23)24-8-2-5-17(24)18(21)25/h1,3-4,11-12,17,22H,2,5-10H2,(H2,21,25)/t17-/m0/s1. The van der Waals surface area contributed by atoms with E-state index in [4.69, 9.17) is 5.73 Å². The van der Waals surface area contributed by atoms with Crippen LogP contribution in [0.3, 0.4) is 0 Å². The van der Waals surface area contributed by atoms with E-state index in [1.807, 2.05) is 29.2 Å². The second-order valence-electron chi connectivity index (χ2n) is 7.21. The molecule has 0 bridgehead atoms. The molecular weight excluding hydrogens is 396 g/mol. The molecule has 2 aromatic rings. The number of halogens is 1. The average Bonchev–Trinajstić information content (AvgIpc) is 3.29. The van der Waals surface area contributed by atoms with Crippen LogP contribution < -0.4 is 5.73 Å². The summed E-state index contributed by atoms with van der Waals surface area (Å²) in [7, 11) is 0. The first-order valence-corrected chi connectivity index (χ1v) is 9.95. The van der Waals surface area contributed by atoms with Crippen molar-refractivity contribution in [3.63, 3.8) is 0 Å². The number of carbonyl (C=O) groups excluding carboxylic acids is 2. The lowest BCUT2D eigenvalue weighted by Gasteiger charge is -2.38. The minimum absolute atomic E-state index is 0.0411. The van der Waals surface area contributed by atoms with Gasteiger partial charge < -0.3 is 15.6 Å². The maximum Gasteiger partial charge on any atom is 0.270 e. The monoisotopic (exact) mass is 418 g/mol. The van der Waals surface area contributed by atoms with E-state index in [2.05, 4.69) is 25.8 Å². The summed E-state index contributed by atoms with van der Waals surface area (Å²) in [6, 6.07) is 8.02. The molecule has 7 heteroatoms. The SMILES string of the molecule is NC(=O)[C@@H]1CCCN1C1CCN(C(=O)c2cc3c(Br)cccc3[nH]2)CC1. The van der Waals surface area contributed by atoms with E-state index < -0.39 is 0 Å². The molecule has 1 aromatic carbocycles. The molecule has 0 unspecified atom stereocenters. The van der Waals surface area contributed by atoms with Crippen LogP contribution in [0.4, 0.5) is 0 Å². The van der Waals surface area contributed by atoms with Crippen molar-refractivity contribution in [1.82, 2.24) is 14.8 Å². The molecule has 2 aliphatic rings. The van der Waals surface area contributed by atoms with Gasteiger partial charge in [0.1, 0.15) is 5.69 Å². The molecule has 138 valence electrons. The highest BCUT2D eigenvalue weighted by molar-refractivity contribution is 9.10. The summed E-state index contributed by atoms with van der Waals surface area (Å²) in [5.74, 6) is -0.177. The molecule has 0 spiro atoms. The van der Waals surface area contributed by atoms with Gasteiger partial charge in [0.2, 0.25) is 5.91 Å². The minimum Gasteiger partial charge on any atom is -0.368 e. The molecule has 4 rings (SSSR count). The Bertz CT molecular complexity index is 841. The third-order valence-electron chi connectivity index (χ3n) is 5.68. The second kappa shape index (κ2) is 7.04. The van der Waals surface area contributed by atoms with Crippen LogP contribution in [-0.4, -0.2) is 58.3 Å². The van der Waals surface area contributed by atoms with Gasteiger partial charge in [-0.2, -0.15) is 0 Å². The minimum atomic E-state index is -0.218. The van der Waals surface area contributed by atoms with Crippen LogP contribution in [0, 0.1) is 0 Å². The summed E-state index contributed by atoms with van der Waals surface area (Å²) >= 11 is 3.53. The highest BCUT2D eigenvalue weighted by Crippen LogP contribution is 2.28. The third-order valence-corrected chi connectivity index (χ3v) is 6.38. The van der Waals surface area contributed by atoms with Crippen LogP contribution in [0.25, 0.3) is 10.9 Å². The zero-order chi connectivity index (χ0) is 18.3. The number of carbonyl (C=O) groups is 2. The molecule has 2 aliphatic heterocycles. The van der Waals surface area contributed by atoms with Crippen molar-refractivity contribution < 1.29 is 9.59 Å². The number of hydrogen-bond acceptors (Lipinski definition) is 3. The van der Waals surface area contributed by atoms with E-state index in [0.29, 0.717) is 24.8 Å². The highest BCUT2D eigenvalue weighted by Gasteiger charge is 2.36. The van der Waals surface area contributed by atoms with Gasteiger partial charge in [0, 0.05) is 34.5 Å². The van der Waals surface area contributed by atoms with Gasteiger partial charge in [-0.25, -0.2) is 0 Å². The molecule has 0 saturated carbocycles. The smallest absolute Gasteiger partial charge is 0.270 e. The van der Waals surface area contributed by atoms with Crippen LogP contribution in [0.1, 0.15) is 36.2 Å². The van der Waals surface area contributed by atoms with Crippen molar-refractivity contribution in [1.29, 1.82) is 0 Å². The number of fused-ring (bicyclic) bond motifs is 1. The molecule has 3 N–H and O–H groups in total. The van der Waals surface area contributed by atoms with Crippen LogP contribution >= 0.6 is 15.9 Å². The predicted molar refractivity (Wildman–Crippen MR) is 104 cm³/mol. The predicted octanol–water partition coefficient (Wildman–Crippen LogP) is 2.48. The topological polar surface area (TPSA) is 82.4 Å². The molecule has 1 atom stereocenters. The Kier molecular flexibility index (Phi) is 4.75. The van der Waals surface area contributed by atoms with Crippen LogP contribution in [0.2, 0.25) is 0 Å². The maximum absolute atomic E-state index is 12.9. The van der Waals surface area contributed by atoms with Crippen LogP contribution in [0.5, 0.6) is 0 Å². The van der Waals surface area contributed by atoms with E-state index in [9.17, 15) is 9.59 Å². The molecule has 6 nitrogen and oxygen atoms in total.